The Morgan fingerprint density at radius 2 is 1.73 bits per heavy atom. The number of hydrogen-bond donors (Lipinski definition) is 1. The number of thioether (sulfide) groups is 1. The van der Waals surface area contributed by atoms with E-state index in [9.17, 15) is 14.4 Å². The number of benzene rings is 2. The standard InChI is InChI=1S/C31H41N5O3S.H2/c1-31(2,3)16-19-35-28(38)26(40-29(35)22-10-6-8-12-24(22)33(4)5)20-27(37)34-17-14-21(15-18-34)36-25-13-9-7-11-23(25)32-30(36)39;/h6-13,21,26,29H,14-20H2,1-5H3,(H,32,39);1H. The summed E-state index contributed by atoms with van der Waals surface area (Å²) >= 11 is 1.61. The third-order valence-corrected chi connectivity index (χ3v) is 9.55. The van der Waals surface area contributed by atoms with Crippen LogP contribution in [0.4, 0.5) is 5.69 Å². The lowest BCUT2D eigenvalue weighted by atomic mass is 9.92. The van der Waals surface area contributed by atoms with Crippen LogP contribution in [0.3, 0.4) is 0 Å². The minimum Gasteiger partial charge on any atom is -0.377 e. The summed E-state index contributed by atoms with van der Waals surface area (Å²) < 4.78 is 1.84. The Morgan fingerprint density at radius 3 is 2.42 bits per heavy atom. The van der Waals surface area contributed by atoms with Gasteiger partial charge in [-0.05, 0) is 42.9 Å². The Morgan fingerprint density at radius 1 is 1.05 bits per heavy atom. The van der Waals surface area contributed by atoms with E-state index in [1.54, 1.807) is 11.8 Å². The molecule has 0 aliphatic carbocycles. The number of piperidine rings is 1. The quantitative estimate of drug-likeness (QED) is 0.422. The van der Waals surface area contributed by atoms with E-state index in [1.807, 2.05) is 64.9 Å². The fourth-order valence-electron chi connectivity index (χ4n) is 5.85. The van der Waals surface area contributed by atoms with Gasteiger partial charge in [0.2, 0.25) is 11.8 Å². The molecule has 0 saturated carbocycles. The Hall–Kier alpha value is -3.20. The number of para-hydroxylation sites is 3. The van der Waals surface area contributed by atoms with Crippen LogP contribution in [0.1, 0.15) is 64.9 Å². The molecule has 216 valence electrons. The van der Waals surface area contributed by atoms with Crippen LogP contribution >= 0.6 is 11.8 Å². The van der Waals surface area contributed by atoms with Crippen LogP contribution < -0.4 is 10.6 Å². The predicted octanol–water partition coefficient (Wildman–Crippen LogP) is 5.27. The zero-order valence-electron chi connectivity index (χ0n) is 24.2. The van der Waals surface area contributed by atoms with Crippen LogP contribution in [0.25, 0.3) is 11.0 Å². The Labute approximate surface area is 242 Å². The van der Waals surface area contributed by atoms with Gasteiger partial charge in [0.25, 0.3) is 0 Å². The first kappa shape index (κ1) is 28.3. The molecular formula is C31H43N5O3S. The van der Waals surface area contributed by atoms with E-state index in [-0.39, 0.29) is 42.2 Å². The third kappa shape index (κ3) is 5.80. The van der Waals surface area contributed by atoms with Crippen molar-refractivity contribution in [2.24, 2.45) is 5.41 Å². The number of fused-ring (bicyclic) bond motifs is 1. The first-order valence-corrected chi connectivity index (χ1v) is 15.2. The number of aromatic amines is 1. The minimum absolute atomic E-state index is 0. The highest BCUT2D eigenvalue weighted by atomic mass is 32.2. The van der Waals surface area contributed by atoms with Crippen LogP contribution in [0.5, 0.6) is 0 Å². The second-order valence-corrected chi connectivity index (χ2v) is 13.7. The molecule has 3 aromatic rings. The van der Waals surface area contributed by atoms with E-state index in [4.69, 9.17) is 0 Å². The maximum Gasteiger partial charge on any atom is 0.326 e. The molecule has 1 aromatic heterocycles. The molecular weight excluding hydrogens is 522 g/mol. The molecule has 2 aromatic carbocycles. The summed E-state index contributed by atoms with van der Waals surface area (Å²) in [5.74, 6) is 0.0780. The topological polar surface area (TPSA) is 81.6 Å². The summed E-state index contributed by atoms with van der Waals surface area (Å²) in [5, 5.41) is -0.521. The van der Waals surface area contributed by atoms with Crippen molar-refractivity contribution < 1.29 is 11.0 Å². The summed E-state index contributed by atoms with van der Waals surface area (Å²) in [6.45, 7) is 8.41. The van der Waals surface area contributed by atoms with Gasteiger partial charge in [-0.3, -0.25) is 14.2 Å². The smallest absolute Gasteiger partial charge is 0.326 e. The van der Waals surface area contributed by atoms with Crippen molar-refractivity contribution >= 4 is 40.3 Å². The average molecular weight is 566 g/mol. The van der Waals surface area contributed by atoms with Crippen molar-refractivity contribution in [3.05, 3.63) is 64.6 Å². The predicted molar refractivity (Wildman–Crippen MR) is 165 cm³/mol. The SMILES string of the molecule is CN(C)c1ccccc1C1SC(CC(=O)N2CCC(n3c(=O)[nH]c4ccccc43)CC2)C(=O)N1CCC(C)(C)C.[HH]. The van der Waals surface area contributed by atoms with Gasteiger partial charge < -0.3 is 19.7 Å². The first-order valence-electron chi connectivity index (χ1n) is 14.2. The highest BCUT2D eigenvalue weighted by Gasteiger charge is 2.43. The third-order valence-electron chi connectivity index (χ3n) is 8.09. The summed E-state index contributed by atoms with van der Waals surface area (Å²) in [5.41, 5.74) is 3.95. The fraction of sp³-hybridized carbons (Fsp3) is 0.516. The van der Waals surface area contributed by atoms with Gasteiger partial charge in [-0.2, -0.15) is 0 Å². The Balaban J connectivity index is 0.00000387. The number of hydrogen-bond acceptors (Lipinski definition) is 5. The van der Waals surface area contributed by atoms with Gasteiger partial charge in [0.05, 0.1) is 16.3 Å². The molecule has 2 amide bonds. The van der Waals surface area contributed by atoms with Crippen molar-refractivity contribution in [1.82, 2.24) is 19.4 Å². The lowest BCUT2D eigenvalue weighted by Crippen LogP contribution is -2.42. The molecule has 2 unspecified atom stereocenters. The summed E-state index contributed by atoms with van der Waals surface area (Å²) in [6.07, 6.45) is 2.53. The second kappa shape index (κ2) is 11.4. The molecule has 40 heavy (non-hydrogen) atoms. The molecule has 8 nitrogen and oxygen atoms in total. The van der Waals surface area contributed by atoms with Gasteiger partial charge >= 0.3 is 5.69 Å². The molecule has 2 aliphatic heterocycles. The van der Waals surface area contributed by atoms with Gasteiger partial charge in [0.1, 0.15) is 5.37 Å². The molecule has 9 heteroatoms. The maximum atomic E-state index is 13.8. The van der Waals surface area contributed by atoms with E-state index in [0.717, 1.165) is 41.5 Å². The largest absolute Gasteiger partial charge is 0.377 e. The molecule has 5 rings (SSSR count). The lowest BCUT2D eigenvalue weighted by Gasteiger charge is -2.33. The van der Waals surface area contributed by atoms with Crippen molar-refractivity contribution in [2.45, 2.75) is 63.1 Å². The number of aromatic nitrogens is 2. The fourth-order valence-corrected chi connectivity index (χ4v) is 7.35. The highest BCUT2D eigenvalue weighted by molar-refractivity contribution is 8.01. The number of nitrogens with one attached hydrogen (secondary N) is 1. The van der Waals surface area contributed by atoms with Crippen molar-refractivity contribution in [1.29, 1.82) is 0 Å². The lowest BCUT2D eigenvalue weighted by molar-refractivity contribution is -0.136. The van der Waals surface area contributed by atoms with E-state index >= 15 is 0 Å². The molecule has 0 bridgehead atoms. The number of nitrogens with zero attached hydrogens (tertiary/aromatic N) is 4. The van der Waals surface area contributed by atoms with E-state index in [2.05, 4.69) is 42.8 Å². The molecule has 2 saturated heterocycles. The van der Waals surface area contributed by atoms with Crippen molar-refractivity contribution in [2.75, 3.05) is 38.6 Å². The average Bonchev–Trinajstić information content (AvgIpc) is 3.42. The number of imidazole rings is 1. The summed E-state index contributed by atoms with van der Waals surface area (Å²) in [4.78, 5) is 48.8. The van der Waals surface area contributed by atoms with E-state index in [0.29, 0.717) is 19.6 Å². The molecule has 2 fully saturated rings. The normalized spacial score (nSPS) is 20.5. The number of carbonyl (C=O) groups is 2. The number of anilines is 1. The molecule has 0 radical (unpaired) electrons. The van der Waals surface area contributed by atoms with Crippen LogP contribution in [0, 0.1) is 5.41 Å². The van der Waals surface area contributed by atoms with Crippen LogP contribution in [-0.2, 0) is 9.59 Å². The van der Waals surface area contributed by atoms with Gasteiger partial charge in [-0.15, -0.1) is 11.8 Å². The second-order valence-electron chi connectivity index (χ2n) is 12.4. The van der Waals surface area contributed by atoms with Gasteiger partial charge in [-0.1, -0.05) is 51.1 Å². The van der Waals surface area contributed by atoms with Gasteiger partial charge in [0.15, 0.2) is 0 Å². The number of carbonyl (C=O) groups excluding carboxylic acids is 2. The van der Waals surface area contributed by atoms with Crippen LogP contribution in [0.2, 0.25) is 0 Å². The highest BCUT2D eigenvalue weighted by Crippen LogP contribution is 2.47. The summed E-state index contributed by atoms with van der Waals surface area (Å²) in [6, 6.07) is 16.0. The minimum atomic E-state index is -0.401. The van der Waals surface area contributed by atoms with Gasteiger partial charge in [0, 0.05) is 58.9 Å². The van der Waals surface area contributed by atoms with Crippen molar-refractivity contribution in [3.63, 3.8) is 0 Å². The number of H-pyrrole nitrogens is 1. The number of amides is 2. The van der Waals surface area contributed by atoms with Crippen LogP contribution in [-0.4, -0.2) is 70.1 Å². The Bertz CT molecular complexity index is 1440. The zero-order chi connectivity index (χ0) is 28.6. The summed E-state index contributed by atoms with van der Waals surface area (Å²) in [7, 11) is 4.05. The first-order chi connectivity index (χ1) is 19.0. The monoisotopic (exact) mass is 565 g/mol. The molecule has 3 heterocycles. The zero-order valence-corrected chi connectivity index (χ0v) is 25.0. The Kier molecular flexibility index (Phi) is 8.04. The molecule has 2 atom stereocenters. The van der Waals surface area contributed by atoms with Crippen molar-refractivity contribution in [3.8, 4) is 0 Å². The molecule has 0 spiro atoms. The van der Waals surface area contributed by atoms with E-state index < -0.39 is 5.25 Å². The van der Waals surface area contributed by atoms with Gasteiger partial charge in [-0.25, -0.2) is 4.79 Å². The van der Waals surface area contributed by atoms with Crippen LogP contribution in [0.15, 0.2) is 53.3 Å². The van der Waals surface area contributed by atoms with E-state index in [1.165, 1.54) is 0 Å². The number of likely N-dealkylation sites (tertiary alicyclic amines) is 1. The maximum absolute atomic E-state index is 13.8. The molecule has 1 N–H and O–H groups in total. The molecule has 2 aliphatic rings. The number of rotatable bonds is 7.